The Morgan fingerprint density at radius 1 is 1.19 bits per heavy atom. The Kier molecular flexibility index (Phi) is 3.27. The maximum atomic E-state index is 12.9. The van der Waals surface area contributed by atoms with Gasteiger partial charge in [0.2, 0.25) is 11.9 Å². The van der Waals surface area contributed by atoms with Gasteiger partial charge in [-0.25, -0.2) is 9.37 Å². The van der Waals surface area contributed by atoms with Crippen molar-refractivity contribution in [3.8, 4) is 0 Å². The fraction of sp³-hybridized carbons (Fsp3) is 0.0667. The number of rotatable bonds is 4. The largest absolute Gasteiger partial charge is 0.368 e. The molecule has 1 heterocycles. The molecule has 0 atom stereocenters. The van der Waals surface area contributed by atoms with Gasteiger partial charge in [0, 0.05) is 5.69 Å². The fourth-order valence-electron chi connectivity index (χ4n) is 2.15. The number of fused-ring (bicyclic) bond motifs is 1. The maximum absolute atomic E-state index is 12.9. The number of primary amides is 1. The molecule has 0 radical (unpaired) electrons. The zero-order valence-corrected chi connectivity index (χ0v) is 11.1. The van der Waals surface area contributed by atoms with Gasteiger partial charge in [-0.15, -0.1) is 0 Å². The molecule has 0 unspecified atom stereocenters. The molecule has 2 aromatic carbocycles. The number of anilines is 2. The number of hydrogen-bond donors (Lipinski definition) is 2. The summed E-state index contributed by atoms with van der Waals surface area (Å²) in [5, 5.41) is 3.07. The number of nitrogens with two attached hydrogens (primary N) is 1. The van der Waals surface area contributed by atoms with E-state index in [1.54, 1.807) is 16.7 Å². The second kappa shape index (κ2) is 5.24. The van der Waals surface area contributed by atoms with Crippen LogP contribution in [0.3, 0.4) is 0 Å². The molecule has 0 saturated heterocycles. The summed E-state index contributed by atoms with van der Waals surface area (Å²) in [7, 11) is 0. The number of imidazole rings is 1. The molecule has 3 aromatic rings. The van der Waals surface area contributed by atoms with Crippen LogP contribution in [0, 0.1) is 5.82 Å². The van der Waals surface area contributed by atoms with Crippen LogP contribution in [0.2, 0.25) is 0 Å². The molecule has 6 heteroatoms. The number of carbonyl (C=O) groups is 1. The van der Waals surface area contributed by atoms with Crippen molar-refractivity contribution < 1.29 is 9.18 Å². The third-order valence-corrected chi connectivity index (χ3v) is 3.07. The van der Waals surface area contributed by atoms with Gasteiger partial charge in [-0.05, 0) is 36.4 Å². The number of nitrogens with zero attached hydrogens (tertiary/aromatic N) is 2. The summed E-state index contributed by atoms with van der Waals surface area (Å²) in [6.45, 7) is 0.0179. The summed E-state index contributed by atoms with van der Waals surface area (Å²) >= 11 is 0. The van der Waals surface area contributed by atoms with Crippen LogP contribution in [0.5, 0.6) is 0 Å². The lowest BCUT2D eigenvalue weighted by Crippen LogP contribution is -2.19. The minimum absolute atomic E-state index is 0.0179. The Labute approximate surface area is 120 Å². The molecule has 5 nitrogen and oxygen atoms in total. The number of nitrogens with one attached hydrogen (secondary N) is 1. The summed E-state index contributed by atoms with van der Waals surface area (Å²) < 4.78 is 14.6. The van der Waals surface area contributed by atoms with Crippen LogP contribution in [0.25, 0.3) is 11.0 Å². The number of amides is 1. The Morgan fingerprint density at radius 3 is 2.62 bits per heavy atom. The van der Waals surface area contributed by atoms with Crippen molar-refractivity contribution in [3.05, 3.63) is 54.3 Å². The van der Waals surface area contributed by atoms with Crippen LogP contribution >= 0.6 is 0 Å². The molecule has 3 rings (SSSR count). The molecule has 0 fully saturated rings. The fourth-order valence-corrected chi connectivity index (χ4v) is 2.15. The first kappa shape index (κ1) is 13.1. The van der Waals surface area contributed by atoms with Crippen molar-refractivity contribution >= 4 is 28.6 Å². The van der Waals surface area contributed by atoms with E-state index in [4.69, 9.17) is 5.73 Å². The highest BCUT2D eigenvalue weighted by Crippen LogP contribution is 2.22. The first-order chi connectivity index (χ1) is 10.1. The van der Waals surface area contributed by atoms with Crippen molar-refractivity contribution in [2.75, 3.05) is 5.32 Å². The van der Waals surface area contributed by atoms with Gasteiger partial charge in [0.15, 0.2) is 0 Å². The van der Waals surface area contributed by atoms with Crippen LogP contribution in [-0.2, 0) is 11.3 Å². The molecule has 0 aliphatic carbocycles. The average molecular weight is 284 g/mol. The first-order valence-corrected chi connectivity index (χ1v) is 6.39. The van der Waals surface area contributed by atoms with Gasteiger partial charge in [-0.3, -0.25) is 4.79 Å². The standard InChI is InChI=1S/C15H13FN4O/c16-10-5-7-11(8-6-10)18-15-19-12-3-1-2-4-13(12)20(15)9-14(17)21/h1-8H,9H2,(H2,17,21)(H,18,19). The van der Waals surface area contributed by atoms with Gasteiger partial charge in [0.05, 0.1) is 11.0 Å². The predicted molar refractivity (Wildman–Crippen MR) is 78.6 cm³/mol. The van der Waals surface area contributed by atoms with E-state index >= 15 is 0 Å². The molecule has 0 aliphatic rings. The van der Waals surface area contributed by atoms with E-state index < -0.39 is 5.91 Å². The molecule has 0 saturated carbocycles. The lowest BCUT2D eigenvalue weighted by atomic mass is 10.3. The monoisotopic (exact) mass is 284 g/mol. The molecule has 21 heavy (non-hydrogen) atoms. The molecular weight excluding hydrogens is 271 g/mol. The Hall–Kier alpha value is -2.89. The smallest absolute Gasteiger partial charge is 0.237 e. The molecule has 1 aromatic heterocycles. The number of carbonyl (C=O) groups excluding carboxylic acids is 1. The van der Waals surface area contributed by atoms with Crippen LogP contribution in [-0.4, -0.2) is 15.5 Å². The molecule has 106 valence electrons. The summed E-state index contributed by atoms with van der Waals surface area (Å²) in [6, 6.07) is 13.3. The molecule has 0 aliphatic heterocycles. The Bertz CT molecular complexity index is 795. The highest BCUT2D eigenvalue weighted by molar-refractivity contribution is 5.83. The summed E-state index contributed by atoms with van der Waals surface area (Å²) in [5.74, 6) is -0.284. The van der Waals surface area contributed by atoms with Crippen molar-refractivity contribution in [3.63, 3.8) is 0 Å². The van der Waals surface area contributed by atoms with E-state index in [0.29, 0.717) is 11.6 Å². The molecule has 3 N–H and O–H groups in total. The Morgan fingerprint density at radius 2 is 1.90 bits per heavy atom. The molecule has 0 spiro atoms. The highest BCUT2D eigenvalue weighted by Gasteiger charge is 2.12. The average Bonchev–Trinajstić information content (AvgIpc) is 2.79. The van der Waals surface area contributed by atoms with Gasteiger partial charge in [0.25, 0.3) is 0 Å². The van der Waals surface area contributed by atoms with Gasteiger partial charge in [-0.1, -0.05) is 12.1 Å². The number of aromatic nitrogens is 2. The molecule has 1 amide bonds. The SMILES string of the molecule is NC(=O)Cn1c(Nc2ccc(F)cc2)nc2ccccc21. The summed E-state index contributed by atoms with van der Waals surface area (Å²) in [6.07, 6.45) is 0. The van der Waals surface area contributed by atoms with Crippen LogP contribution in [0.15, 0.2) is 48.5 Å². The van der Waals surface area contributed by atoms with Crippen molar-refractivity contribution in [1.82, 2.24) is 9.55 Å². The second-order valence-electron chi connectivity index (χ2n) is 4.61. The van der Waals surface area contributed by atoms with E-state index in [-0.39, 0.29) is 12.4 Å². The zero-order valence-electron chi connectivity index (χ0n) is 11.1. The van der Waals surface area contributed by atoms with E-state index in [9.17, 15) is 9.18 Å². The van der Waals surface area contributed by atoms with E-state index in [1.807, 2.05) is 24.3 Å². The predicted octanol–water partition coefficient (Wildman–Crippen LogP) is 2.40. The second-order valence-corrected chi connectivity index (χ2v) is 4.61. The summed E-state index contributed by atoms with van der Waals surface area (Å²) in [5.41, 5.74) is 7.53. The van der Waals surface area contributed by atoms with Crippen LogP contribution < -0.4 is 11.1 Å². The number of halogens is 1. The number of hydrogen-bond acceptors (Lipinski definition) is 3. The molecular formula is C15H13FN4O. The normalized spacial score (nSPS) is 10.7. The van der Waals surface area contributed by atoms with Gasteiger partial charge < -0.3 is 15.6 Å². The minimum Gasteiger partial charge on any atom is -0.368 e. The van der Waals surface area contributed by atoms with Gasteiger partial charge in [0.1, 0.15) is 12.4 Å². The first-order valence-electron chi connectivity index (χ1n) is 6.39. The Balaban J connectivity index is 2.04. The van der Waals surface area contributed by atoms with Crippen molar-refractivity contribution in [1.29, 1.82) is 0 Å². The number of benzene rings is 2. The van der Waals surface area contributed by atoms with E-state index in [2.05, 4.69) is 10.3 Å². The van der Waals surface area contributed by atoms with Crippen molar-refractivity contribution in [2.45, 2.75) is 6.54 Å². The quantitative estimate of drug-likeness (QED) is 0.772. The van der Waals surface area contributed by atoms with Crippen LogP contribution in [0.4, 0.5) is 16.0 Å². The maximum Gasteiger partial charge on any atom is 0.237 e. The van der Waals surface area contributed by atoms with Gasteiger partial charge >= 0.3 is 0 Å². The van der Waals surface area contributed by atoms with E-state index in [0.717, 1.165) is 11.0 Å². The van der Waals surface area contributed by atoms with Crippen molar-refractivity contribution in [2.24, 2.45) is 5.73 Å². The lowest BCUT2D eigenvalue weighted by Gasteiger charge is -2.09. The topological polar surface area (TPSA) is 72.9 Å². The van der Waals surface area contributed by atoms with Gasteiger partial charge in [-0.2, -0.15) is 0 Å². The minimum atomic E-state index is -0.458. The third-order valence-electron chi connectivity index (χ3n) is 3.07. The number of para-hydroxylation sites is 2. The highest BCUT2D eigenvalue weighted by atomic mass is 19.1. The summed E-state index contributed by atoms with van der Waals surface area (Å²) in [4.78, 5) is 15.7. The van der Waals surface area contributed by atoms with E-state index in [1.165, 1.54) is 12.1 Å². The third kappa shape index (κ3) is 2.69. The van der Waals surface area contributed by atoms with Crippen LogP contribution in [0.1, 0.15) is 0 Å². The zero-order chi connectivity index (χ0) is 14.8. The lowest BCUT2D eigenvalue weighted by molar-refractivity contribution is -0.118. The molecule has 0 bridgehead atoms.